The summed E-state index contributed by atoms with van der Waals surface area (Å²) in [6, 6.07) is 8.42. The van der Waals surface area contributed by atoms with Gasteiger partial charge >= 0.3 is 0 Å². The normalized spacial score (nSPS) is 11.2. The molecule has 2 heterocycles. The highest BCUT2D eigenvalue weighted by Gasteiger charge is 2.06. The molecule has 3 rings (SSSR count). The van der Waals surface area contributed by atoms with Gasteiger partial charge in [0.2, 0.25) is 0 Å². The fourth-order valence-corrected chi connectivity index (χ4v) is 2.99. The van der Waals surface area contributed by atoms with Crippen LogP contribution >= 0.6 is 11.3 Å². The molecule has 0 aliphatic rings. The van der Waals surface area contributed by atoms with Crippen LogP contribution in [0.4, 0.5) is 0 Å². The molecular weight excluding hydrogens is 242 g/mol. The number of aromatic nitrogens is 2. The molecule has 0 radical (unpaired) electrons. The quantitative estimate of drug-likeness (QED) is 0.784. The molecule has 0 saturated heterocycles. The SMILES string of the molecule is Cc1csc(Cn2ccc3c(CN)cccc32)n1. The van der Waals surface area contributed by atoms with E-state index in [4.69, 9.17) is 5.73 Å². The summed E-state index contributed by atoms with van der Waals surface area (Å²) in [7, 11) is 0. The van der Waals surface area contributed by atoms with Crippen molar-refractivity contribution in [2.45, 2.75) is 20.0 Å². The summed E-state index contributed by atoms with van der Waals surface area (Å²) in [5.74, 6) is 0. The van der Waals surface area contributed by atoms with Crippen LogP contribution in [0, 0.1) is 6.92 Å². The van der Waals surface area contributed by atoms with E-state index in [9.17, 15) is 0 Å². The summed E-state index contributed by atoms with van der Waals surface area (Å²) in [6.07, 6.45) is 2.11. The summed E-state index contributed by atoms with van der Waals surface area (Å²) >= 11 is 1.71. The number of nitrogens with zero attached hydrogens (tertiary/aromatic N) is 2. The smallest absolute Gasteiger partial charge is 0.113 e. The molecule has 3 aromatic rings. The lowest BCUT2D eigenvalue weighted by atomic mass is 10.1. The summed E-state index contributed by atoms with van der Waals surface area (Å²) in [4.78, 5) is 4.51. The van der Waals surface area contributed by atoms with Crippen molar-refractivity contribution in [3.05, 3.63) is 52.1 Å². The van der Waals surface area contributed by atoms with Crippen LogP contribution in [0.5, 0.6) is 0 Å². The Balaban J connectivity index is 2.02. The Hall–Kier alpha value is -1.65. The van der Waals surface area contributed by atoms with Crippen molar-refractivity contribution >= 4 is 22.2 Å². The fourth-order valence-electron chi connectivity index (χ4n) is 2.22. The standard InChI is InChI=1S/C14H15N3S/c1-10-9-18-14(16-10)8-17-6-5-12-11(7-15)3-2-4-13(12)17/h2-6,9H,7-8,15H2,1H3. The van der Waals surface area contributed by atoms with Crippen LogP contribution in [0.25, 0.3) is 10.9 Å². The Morgan fingerprint density at radius 1 is 1.33 bits per heavy atom. The molecule has 2 N–H and O–H groups in total. The molecule has 0 aliphatic carbocycles. The number of benzene rings is 1. The van der Waals surface area contributed by atoms with Gasteiger partial charge in [0, 0.05) is 34.7 Å². The maximum atomic E-state index is 5.76. The second-order valence-electron chi connectivity index (χ2n) is 4.38. The Morgan fingerprint density at radius 2 is 2.22 bits per heavy atom. The first-order valence-corrected chi connectivity index (χ1v) is 6.83. The first kappa shape index (κ1) is 11.4. The topological polar surface area (TPSA) is 43.8 Å². The highest BCUT2D eigenvalue weighted by molar-refractivity contribution is 7.09. The summed E-state index contributed by atoms with van der Waals surface area (Å²) in [5.41, 5.74) is 9.28. The molecule has 0 aliphatic heterocycles. The Kier molecular flexibility index (Phi) is 2.89. The van der Waals surface area contributed by atoms with Gasteiger partial charge in [-0.2, -0.15) is 0 Å². The second-order valence-corrected chi connectivity index (χ2v) is 5.32. The third-order valence-electron chi connectivity index (χ3n) is 3.10. The van der Waals surface area contributed by atoms with E-state index in [1.165, 1.54) is 16.5 Å². The average molecular weight is 257 g/mol. The van der Waals surface area contributed by atoms with Crippen molar-refractivity contribution in [2.75, 3.05) is 0 Å². The number of fused-ring (bicyclic) bond motifs is 1. The second kappa shape index (κ2) is 4.55. The van der Waals surface area contributed by atoms with Crippen LogP contribution in [0.3, 0.4) is 0 Å². The van der Waals surface area contributed by atoms with Crippen molar-refractivity contribution in [1.29, 1.82) is 0 Å². The molecule has 3 nitrogen and oxygen atoms in total. The summed E-state index contributed by atoms with van der Waals surface area (Å²) < 4.78 is 2.23. The van der Waals surface area contributed by atoms with Gasteiger partial charge in [-0.25, -0.2) is 4.98 Å². The zero-order chi connectivity index (χ0) is 12.5. The zero-order valence-corrected chi connectivity index (χ0v) is 11.1. The van der Waals surface area contributed by atoms with Gasteiger partial charge in [-0.15, -0.1) is 11.3 Å². The lowest BCUT2D eigenvalue weighted by molar-refractivity contribution is 0.824. The first-order valence-electron chi connectivity index (χ1n) is 5.96. The van der Waals surface area contributed by atoms with Crippen LogP contribution in [-0.2, 0) is 13.1 Å². The van der Waals surface area contributed by atoms with Crippen LogP contribution < -0.4 is 5.73 Å². The Morgan fingerprint density at radius 3 is 2.94 bits per heavy atom. The molecular formula is C14H15N3S. The summed E-state index contributed by atoms with van der Waals surface area (Å²) in [6.45, 7) is 3.44. The van der Waals surface area contributed by atoms with Crippen molar-refractivity contribution in [2.24, 2.45) is 5.73 Å². The van der Waals surface area contributed by atoms with E-state index in [-0.39, 0.29) is 0 Å². The van der Waals surface area contributed by atoms with Crippen molar-refractivity contribution < 1.29 is 0 Å². The zero-order valence-electron chi connectivity index (χ0n) is 10.3. The highest BCUT2D eigenvalue weighted by Crippen LogP contribution is 2.21. The van der Waals surface area contributed by atoms with Gasteiger partial charge in [0.05, 0.1) is 6.54 Å². The van der Waals surface area contributed by atoms with Gasteiger partial charge in [0.25, 0.3) is 0 Å². The molecule has 18 heavy (non-hydrogen) atoms. The molecule has 0 spiro atoms. The summed E-state index contributed by atoms with van der Waals surface area (Å²) in [5, 5.41) is 4.48. The van der Waals surface area contributed by atoms with E-state index >= 15 is 0 Å². The van der Waals surface area contributed by atoms with Crippen LogP contribution in [0.2, 0.25) is 0 Å². The van der Waals surface area contributed by atoms with Crippen LogP contribution in [0.1, 0.15) is 16.3 Å². The predicted molar refractivity (Wildman–Crippen MR) is 75.8 cm³/mol. The van der Waals surface area contributed by atoms with E-state index in [1.54, 1.807) is 11.3 Å². The van der Waals surface area contributed by atoms with Gasteiger partial charge < -0.3 is 10.3 Å². The number of thiazole rings is 1. The lowest BCUT2D eigenvalue weighted by Crippen LogP contribution is -1.99. The van der Waals surface area contributed by atoms with E-state index in [0.717, 1.165) is 17.2 Å². The third kappa shape index (κ3) is 1.94. The first-order chi connectivity index (χ1) is 8.78. The molecule has 0 bridgehead atoms. The highest BCUT2D eigenvalue weighted by atomic mass is 32.1. The molecule has 0 unspecified atom stereocenters. The number of nitrogens with two attached hydrogens (primary N) is 1. The maximum Gasteiger partial charge on any atom is 0.113 e. The molecule has 0 saturated carbocycles. The van der Waals surface area contributed by atoms with E-state index in [1.807, 2.05) is 6.92 Å². The number of aryl methyl sites for hydroxylation is 1. The van der Waals surface area contributed by atoms with E-state index < -0.39 is 0 Å². The number of hydrogen-bond acceptors (Lipinski definition) is 3. The van der Waals surface area contributed by atoms with Crippen molar-refractivity contribution in [3.8, 4) is 0 Å². The minimum absolute atomic E-state index is 0.581. The van der Waals surface area contributed by atoms with E-state index in [0.29, 0.717) is 6.54 Å². The minimum atomic E-state index is 0.581. The molecule has 0 amide bonds. The maximum absolute atomic E-state index is 5.76. The van der Waals surface area contributed by atoms with Gasteiger partial charge in [-0.05, 0) is 24.6 Å². The molecule has 4 heteroatoms. The monoisotopic (exact) mass is 257 g/mol. The minimum Gasteiger partial charge on any atom is -0.341 e. The van der Waals surface area contributed by atoms with Gasteiger partial charge in [0.1, 0.15) is 5.01 Å². The largest absolute Gasteiger partial charge is 0.341 e. The Bertz CT molecular complexity index is 681. The van der Waals surface area contributed by atoms with Gasteiger partial charge in [-0.1, -0.05) is 12.1 Å². The number of rotatable bonds is 3. The molecule has 92 valence electrons. The third-order valence-corrected chi connectivity index (χ3v) is 4.05. The fraction of sp³-hybridized carbons (Fsp3) is 0.214. The van der Waals surface area contributed by atoms with Crippen LogP contribution in [0.15, 0.2) is 35.8 Å². The van der Waals surface area contributed by atoms with E-state index in [2.05, 4.69) is 45.4 Å². The molecule has 0 atom stereocenters. The van der Waals surface area contributed by atoms with Gasteiger partial charge in [0.15, 0.2) is 0 Å². The molecule has 0 fully saturated rings. The van der Waals surface area contributed by atoms with Gasteiger partial charge in [-0.3, -0.25) is 0 Å². The van der Waals surface area contributed by atoms with Crippen LogP contribution in [-0.4, -0.2) is 9.55 Å². The van der Waals surface area contributed by atoms with Crippen molar-refractivity contribution in [1.82, 2.24) is 9.55 Å². The lowest BCUT2D eigenvalue weighted by Gasteiger charge is -2.04. The average Bonchev–Trinajstić information content (AvgIpc) is 2.97. The van der Waals surface area contributed by atoms with Crippen molar-refractivity contribution in [3.63, 3.8) is 0 Å². The number of hydrogen-bond donors (Lipinski definition) is 1. The predicted octanol–water partition coefficient (Wildman–Crippen LogP) is 2.91. The Labute approximate surface area is 110 Å². The molecule has 1 aromatic carbocycles. The molecule has 2 aromatic heterocycles.